The number of aromatic hydroxyl groups is 2. The molecule has 7 heteroatoms. The van der Waals surface area contributed by atoms with Gasteiger partial charge in [0.2, 0.25) is 5.91 Å². The zero-order valence-corrected chi connectivity index (χ0v) is 16.6. The molecule has 1 saturated heterocycles. The zero-order chi connectivity index (χ0) is 21.0. The Morgan fingerprint density at radius 1 is 1.07 bits per heavy atom. The van der Waals surface area contributed by atoms with E-state index in [0.717, 1.165) is 6.07 Å². The van der Waals surface area contributed by atoms with Crippen molar-refractivity contribution in [2.75, 3.05) is 33.4 Å². The van der Waals surface area contributed by atoms with Crippen molar-refractivity contribution in [2.24, 2.45) is 0 Å². The molecule has 1 amide bonds. The summed E-state index contributed by atoms with van der Waals surface area (Å²) in [6.07, 6.45) is 0.336. The molecular weight excluding hydrogens is 374 g/mol. The Morgan fingerprint density at radius 2 is 1.72 bits per heavy atom. The topological polar surface area (TPSA) is 96.3 Å². The van der Waals surface area contributed by atoms with Gasteiger partial charge in [0.05, 0.1) is 32.3 Å². The van der Waals surface area contributed by atoms with Crippen LogP contribution in [0.15, 0.2) is 30.3 Å². The van der Waals surface area contributed by atoms with Crippen LogP contribution in [0, 0.1) is 0 Å². The Balaban J connectivity index is 2.02. The molecule has 1 heterocycles. The third-order valence-electron chi connectivity index (χ3n) is 5.13. The van der Waals surface area contributed by atoms with Gasteiger partial charge in [-0.3, -0.25) is 9.59 Å². The van der Waals surface area contributed by atoms with Crippen molar-refractivity contribution in [3.8, 4) is 17.2 Å². The van der Waals surface area contributed by atoms with Crippen molar-refractivity contribution < 1.29 is 29.3 Å². The Kier molecular flexibility index (Phi) is 6.39. The van der Waals surface area contributed by atoms with Crippen LogP contribution in [0.4, 0.5) is 0 Å². The molecule has 7 nitrogen and oxygen atoms in total. The quantitative estimate of drug-likeness (QED) is 0.724. The molecule has 154 valence electrons. The molecule has 0 saturated carbocycles. The first-order valence-electron chi connectivity index (χ1n) is 9.57. The molecule has 0 radical (unpaired) electrons. The summed E-state index contributed by atoms with van der Waals surface area (Å²) in [4.78, 5) is 27.7. The second-order valence-electron chi connectivity index (χ2n) is 6.83. The van der Waals surface area contributed by atoms with Gasteiger partial charge in [0.25, 0.3) is 0 Å². The summed E-state index contributed by atoms with van der Waals surface area (Å²) in [5.41, 5.74) is 1.25. The molecule has 0 unspecified atom stereocenters. The number of carbonyl (C=O) groups excluding carboxylic acids is 2. The summed E-state index contributed by atoms with van der Waals surface area (Å²) in [7, 11) is 1.53. The van der Waals surface area contributed by atoms with Crippen molar-refractivity contribution in [3.63, 3.8) is 0 Å². The van der Waals surface area contributed by atoms with E-state index in [4.69, 9.17) is 9.47 Å². The number of benzene rings is 2. The van der Waals surface area contributed by atoms with Crippen LogP contribution in [-0.4, -0.2) is 60.2 Å². The molecule has 0 aromatic heterocycles. The van der Waals surface area contributed by atoms with Gasteiger partial charge in [-0.25, -0.2) is 0 Å². The summed E-state index contributed by atoms with van der Waals surface area (Å²) >= 11 is 0. The Hall–Kier alpha value is -3.06. The van der Waals surface area contributed by atoms with Crippen molar-refractivity contribution in [1.29, 1.82) is 0 Å². The van der Waals surface area contributed by atoms with E-state index in [2.05, 4.69) is 0 Å². The van der Waals surface area contributed by atoms with E-state index in [1.54, 1.807) is 29.2 Å². The van der Waals surface area contributed by atoms with E-state index in [-0.39, 0.29) is 29.4 Å². The first-order valence-corrected chi connectivity index (χ1v) is 9.57. The van der Waals surface area contributed by atoms with E-state index in [0.29, 0.717) is 55.2 Å². The molecule has 29 heavy (non-hydrogen) atoms. The smallest absolute Gasteiger partial charge is 0.227 e. The van der Waals surface area contributed by atoms with Gasteiger partial charge >= 0.3 is 0 Å². The van der Waals surface area contributed by atoms with Gasteiger partial charge in [0, 0.05) is 24.7 Å². The predicted molar refractivity (Wildman–Crippen MR) is 107 cm³/mol. The summed E-state index contributed by atoms with van der Waals surface area (Å²) in [6, 6.07) is 7.69. The van der Waals surface area contributed by atoms with Gasteiger partial charge in [-0.15, -0.1) is 0 Å². The highest BCUT2D eigenvalue weighted by Gasteiger charge is 2.27. The molecular formula is C22H25NO6. The number of rotatable bonds is 6. The summed E-state index contributed by atoms with van der Waals surface area (Å²) < 4.78 is 10.4. The fraction of sp³-hybridized carbons (Fsp3) is 0.364. The average molecular weight is 399 g/mol. The third-order valence-corrected chi connectivity index (χ3v) is 5.13. The number of ketones is 1. The molecule has 1 fully saturated rings. The molecule has 1 aliphatic rings. The fourth-order valence-corrected chi connectivity index (χ4v) is 3.55. The molecule has 3 rings (SSSR count). The van der Waals surface area contributed by atoms with Crippen molar-refractivity contribution in [3.05, 3.63) is 52.6 Å². The van der Waals surface area contributed by atoms with Gasteiger partial charge in [-0.05, 0) is 41.8 Å². The van der Waals surface area contributed by atoms with Crippen molar-refractivity contribution in [2.45, 2.75) is 19.8 Å². The molecule has 0 aliphatic carbocycles. The van der Waals surface area contributed by atoms with E-state index in [9.17, 15) is 19.8 Å². The van der Waals surface area contributed by atoms with Gasteiger partial charge in [-0.1, -0.05) is 6.92 Å². The minimum Gasteiger partial charge on any atom is -0.508 e. The average Bonchev–Trinajstić information content (AvgIpc) is 2.74. The van der Waals surface area contributed by atoms with Crippen LogP contribution in [-0.2, 0) is 22.4 Å². The normalized spacial score (nSPS) is 13.9. The lowest BCUT2D eigenvalue weighted by Gasteiger charge is -2.27. The fourth-order valence-electron chi connectivity index (χ4n) is 3.55. The lowest BCUT2D eigenvalue weighted by molar-refractivity contribution is -0.134. The maximum atomic E-state index is 13.2. The largest absolute Gasteiger partial charge is 0.508 e. The summed E-state index contributed by atoms with van der Waals surface area (Å²) in [6.45, 7) is 3.72. The standard InChI is InChI=1S/C22H25NO6/c1-3-16-17(12-20(26)23-8-10-29-11-9-23)21(19(25)13-18(16)24)22(27)14-4-6-15(28-2)7-5-14/h4-7,13,24-25H,3,8-12H2,1-2H3. The second-order valence-corrected chi connectivity index (χ2v) is 6.83. The number of morpholine rings is 1. The van der Waals surface area contributed by atoms with Gasteiger partial charge in [-0.2, -0.15) is 0 Å². The van der Waals surface area contributed by atoms with E-state index < -0.39 is 5.78 Å². The molecule has 0 atom stereocenters. The number of amides is 1. The van der Waals surface area contributed by atoms with Gasteiger partial charge < -0.3 is 24.6 Å². The molecule has 2 N–H and O–H groups in total. The van der Waals surface area contributed by atoms with Crippen LogP contribution in [0.2, 0.25) is 0 Å². The number of ether oxygens (including phenoxy) is 2. The van der Waals surface area contributed by atoms with Crippen LogP contribution in [0.1, 0.15) is 34.0 Å². The van der Waals surface area contributed by atoms with Gasteiger partial charge in [0.1, 0.15) is 17.2 Å². The number of phenols is 2. The number of hydrogen-bond acceptors (Lipinski definition) is 6. The van der Waals surface area contributed by atoms with Crippen LogP contribution in [0.5, 0.6) is 17.2 Å². The first kappa shape index (κ1) is 20.7. The first-order chi connectivity index (χ1) is 14.0. The molecule has 2 aromatic carbocycles. The van der Waals surface area contributed by atoms with Crippen molar-refractivity contribution in [1.82, 2.24) is 4.90 Å². The summed E-state index contributed by atoms with van der Waals surface area (Å²) in [5, 5.41) is 20.8. The Morgan fingerprint density at radius 3 is 2.31 bits per heavy atom. The third kappa shape index (κ3) is 4.35. The Labute approximate surface area is 169 Å². The van der Waals surface area contributed by atoms with Gasteiger partial charge in [0.15, 0.2) is 5.78 Å². The molecule has 1 aliphatic heterocycles. The molecule has 2 aromatic rings. The Bertz CT molecular complexity index is 901. The SMILES string of the molecule is CCc1c(O)cc(O)c(C(=O)c2ccc(OC)cc2)c1CC(=O)N1CCOCC1. The molecule has 0 spiro atoms. The van der Waals surface area contributed by atoms with E-state index in [1.165, 1.54) is 7.11 Å². The predicted octanol–water partition coefficient (Wildman–Crippen LogP) is 2.30. The number of nitrogens with zero attached hydrogens (tertiary/aromatic N) is 1. The maximum absolute atomic E-state index is 13.2. The minimum absolute atomic E-state index is 0.0476. The maximum Gasteiger partial charge on any atom is 0.227 e. The van der Waals surface area contributed by atoms with Crippen molar-refractivity contribution >= 4 is 11.7 Å². The number of carbonyl (C=O) groups is 2. The zero-order valence-electron chi connectivity index (χ0n) is 16.6. The highest BCUT2D eigenvalue weighted by atomic mass is 16.5. The van der Waals surface area contributed by atoms with E-state index in [1.807, 2.05) is 6.92 Å². The van der Waals surface area contributed by atoms with Crippen LogP contribution < -0.4 is 4.74 Å². The molecule has 0 bridgehead atoms. The highest BCUT2D eigenvalue weighted by molar-refractivity contribution is 6.12. The minimum atomic E-state index is -0.412. The number of methoxy groups -OCH3 is 1. The summed E-state index contributed by atoms with van der Waals surface area (Å²) in [5.74, 6) is -0.443. The lowest BCUT2D eigenvalue weighted by Crippen LogP contribution is -2.41. The number of hydrogen-bond donors (Lipinski definition) is 2. The van der Waals surface area contributed by atoms with Crippen LogP contribution in [0.25, 0.3) is 0 Å². The second kappa shape index (κ2) is 8.96. The van der Waals surface area contributed by atoms with Crippen LogP contribution >= 0.6 is 0 Å². The monoisotopic (exact) mass is 399 g/mol. The lowest BCUT2D eigenvalue weighted by atomic mass is 9.89. The number of phenolic OH excluding ortho intramolecular Hbond substituents is 2. The van der Waals surface area contributed by atoms with E-state index >= 15 is 0 Å². The van der Waals surface area contributed by atoms with Crippen LogP contribution in [0.3, 0.4) is 0 Å². The highest BCUT2D eigenvalue weighted by Crippen LogP contribution is 2.35.